The Morgan fingerprint density at radius 3 is 2.80 bits per heavy atom. The first-order valence-corrected chi connectivity index (χ1v) is 8.85. The summed E-state index contributed by atoms with van der Waals surface area (Å²) in [4.78, 5) is 12.1. The number of aromatic nitrogens is 3. The molecule has 0 saturated carbocycles. The van der Waals surface area contributed by atoms with Crippen LogP contribution in [0, 0.1) is 6.92 Å². The van der Waals surface area contributed by atoms with Crippen LogP contribution in [-0.2, 0) is 4.79 Å². The summed E-state index contributed by atoms with van der Waals surface area (Å²) in [5, 5.41) is 11.9. The van der Waals surface area contributed by atoms with Crippen molar-refractivity contribution < 1.29 is 4.79 Å². The van der Waals surface area contributed by atoms with Crippen molar-refractivity contribution in [2.24, 2.45) is 0 Å². The summed E-state index contributed by atoms with van der Waals surface area (Å²) in [6.07, 6.45) is 0. The smallest absolute Gasteiger partial charge is 0.234 e. The van der Waals surface area contributed by atoms with Gasteiger partial charge in [0.1, 0.15) is 0 Å². The Hall–Kier alpha value is -2.51. The molecule has 0 saturated heterocycles. The standard InChI is InChI=1S/C17H16ClN5OS/c1-11-5-4-6-12(9-11)20-15(24)10-25-17-22-21-16(23(17)19)13-7-2-3-8-14(13)18/h2-9H,10,19H2,1H3,(H,20,24). The third-order valence-corrected chi connectivity index (χ3v) is 4.69. The molecule has 0 atom stereocenters. The van der Waals surface area contributed by atoms with E-state index in [1.54, 1.807) is 6.07 Å². The average Bonchev–Trinajstić information content (AvgIpc) is 2.94. The molecular weight excluding hydrogens is 358 g/mol. The van der Waals surface area contributed by atoms with Gasteiger partial charge in [0, 0.05) is 11.3 Å². The molecule has 0 unspecified atom stereocenters. The highest BCUT2D eigenvalue weighted by molar-refractivity contribution is 7.99. The van der Waals surface area contributed by atoms with Crippen molar-refractivity contribution in [3.8, 4) is 11.4 Å². The van der Waals surface area contributed by atoms with Gasteiger partial charge in [-0.1, -0.05) is 47.6 Å². The fourth-order valence-corrected chi connectivity index (χ4v) is 3.13. The minimum absolute atomic E-state index is 0.141. The number of carbonyl (C=O) groups is 1. The lowest BCUT2D eigenvalue weighted by atomic mass is 10.2. The lowest BCUT2D eigenvalue weighted by Gasteiger charge is -2.06. The van der Waals surface area contributed by atoms with Crippen LogP contribution in [0.4, 0.5) is 5.69 Å². The number of benzene rings is 2. The molecule has 0 aliphatic heterocycles. The van der Waals surface area contributed by atoms with E-state index in [2.05, 4.69) is 15.5 Å². The van der Waals surface area contributed by atoms with Crippen molar-refractivity contribution in [2.45, 2.75) is 12.1 Å². The number of nitrogens with two attached hydrogens (primary N) is 1. The van der Waals surface area contributed by atoms with Crippen LogP contribution in [0.3, 0.4) is 0 Å². The summed E-state index contributed by atoms with van der Waals surface area (Å²) in [7, 11) is 0. The number of amides is 1. The summed E-state index contributed by atoms with van der Waals surface area (Å²) in [6.45, 7) is 1.97. The third kappa shape index (κ3) is 4.12. The van der Waals surface area contributed by atoms with E-state index >= 15 is 0 Å². The van der Waals surface area contributed by atoms with E-state index in [4.69, 9.17) is 17.4 Å². The fourth-order valence-electron chi connectivity index (χ4n) is 2.25. The number of hydrogen-bond donors (Lipinski definition) is 2. The molecule has 3 rings (SSSR count). The number of nitrogens with one attached hydrogen (secondary N) is 1. The summed E-state index contributed by atoms with van der Waals surface area (Å²) >= 11 is 7.37. The van der Waals surface area contributed by atoms with E-state index < -0.39 is 0 Å². The van der Waals surface area contributed by atoms with Crippen molar-refractivity contribution in [1.82, 2.24) is 14.9 Å². The molecule has 0 spiro atoms. The summed E-state index contributed by atoms with van der Waals surface area (Å²) in [5.74, 6) is 6.53. The van der Waals surface area contributed by atoms with E-state index in [1.165, 1.54) is 16.4 Å². The predicted molar refractivity (Wildman–Crippen MR) is 101 cm³/mol. The first-order chi connectivity index (χ1) is 12.0. The van der Waals surface area contributed by atoms with Crippen LogP contribution in [0.15, 0.2) is 53.7 Å². The molecule has 0 aliphatic carbocycles. The Morgan fingerprint density at radius 2 is 2.04 bits per heavy atom. The molecule has 25 heavy (non-hydrogen) atoms. The summed E-state index contributed by atoms with van der Waals surface area (Å²) < 4.78 is 1.34. The summed E-state index contributed by atoms with van der Waals surface area (Å²) in [6, 6.07) is 14.9. The topological polar surface area (TPSA) is 85.8 Å². The van der Waals surface area contributed by atoms with Crippen molar-refractivity contribution in [3.05, 3.63) is 59.1 Å². The second kappa shape index (κ2) is 7.58. The average molecular weight is 374 g/mol. The second-order valence-electron chi connectivity index (χ2n) is 5.36. The van der Waals surface area contributed by atoms with Crippen molar-refractivity contribution in [1.29, 1.82) is 0 Å². The first-order valence-electron chi connectivity index (χ1n) is 7.49. The molecular formula is C17H16ClN5OS. The maximum Gasteiger partial charge on any atom is 0.234 e. The Morgan fingerprint density at radius 1 is 1.24 bits per heavy atom. The van der Waals surface area contributed by atoms with Crippen LogP contribution in [0.25, 0.3) is 11.4 Å². The molecule has 6 nitrogen and oxygen atoms in total. The zero-order valence-corrected chi connectivity index (χ0v) is 15.0. The van der Waals surface area contributed by atoms with Gasteiger partial charge in [-0.2, -0.15) is 0 Å². The molecule has 2 aromatic carbocycles. The lowest BCUT2D eigenvalue weighted by molar-refractivity contribution is -0.113. The molecule has 128 valence electrons. The molecule has 1 amide bonds. The molecule has 0 radical (unpaired) electrons. The molecule has 0 fully saturated rings. The molecule has 1 aromatic heterocycles. The number of nitrogens with zero attached hydrogens (tertiary/aromatic N) is 3. The van der Waals surface area contributed by atoms with E-state index in [0.29, 0.717) is 21.6 Å². The van der Waals surface area contributed by atoms with Crippen LogP contribution in [0.2, 0.25) is 5.02 Å². The van der Waals surface area contributed by atoms with Gasteiger partial charge in [0.05, 0.1) is 10.8 Å². The van der Waals surface area contributed by atoms with Crippen LogP contribution in [-0.4, -0.2) is 26.5 Å². The van der Waals surface area contributed by atoms with Gasteiger partial charge in [-0.3, -0.25) is 4.79 Å². The minimum atomic E-state index is -0.141. The molecule has 8 heteroatoms. The predicted octanol–water partition coefficient (Wildman–Crippen LogP) is 3.35. The zero-order valence-electron chi connectivity index (χ0n) is 13.4. The Bertz CT molecular complexity index is 912. The van der Waals surface area contributed by atoms with E-state index in [-0.39, 0.29) is 11.7 Å². The second-order valence-corrected chi connectivity index (χ2v) is 6.71. The van der Waals surface area contributed by atoms with Gasteiger partial charge in [0.2, 0.25) is 11.1 Å². The largest absolute Gasteiger partial charge is 0.335 e. The molecule has 3 N–H and O–H groups in total. The Labute approximate surface area is 154 Å². The van der Waals surface area contributed by atoms with E-state index in [9.17, 15) is 4.79 Å². The van der Waals surface area contributed by atoms with Crippen molar-refractivity contribution in [3.63, 3.8) is 0 Å². The third-order valence-electron chi connectivity index (χ3n) is 3.41. The molecule has 0 aliphatic rings. The number of nitrogen functional groups attached to an aromatic ring is 1. The van der Waals surface area contributed by atoms with Crippen LogP contribution < -0.4 is 11.2 Å². The SMILES string of the molecule is Cc1cccc(NC(=O)CSc2nnc(-c3ccccc3Cl)n2N)c1. The highest BCUT2D eigenvalue weighted by atomic mass is 35.5. The minimum Gasteiger partial charge on any atom is -0.335 e. The molecule has 0 bridgehead atoms. The van der Waals surface area contributed by atoms with Gasteiger partial charge in [-0.05, 0) is 36.8 Å². The monoisotopic (exact) mass is 373 g/mol. The van der Waals surface area contributed by atoms with Gasteiger partial charge in [-0.25, -0.2) is 4.68 Å². The van der Waals surface area contributed by atoms with Crippen LogP contribution in [0.5, 0.6) is 0 Å². The van der Waals surface area contributed by atoms with Crippen LogP contribution >= 0.6 is 23.4 Å². The van der Waals surface area contributed by atoms with Crippen LogP contribution in [0.1, 0.15) is 5.56 Å². The molecule has 3 aromatic rings. The Balaban J connectivity index is 1.66. The molecule has 1 heterocycles. The number of carbonyl (C=O) groups excluding carboxylic acids is 1. The number of rotatable bonds is 5. The quantitative estimate of drug-likeness (QED) is 0.529. The van der Waals surface area contributed by atoms with Gasteiger partial charge in [0.25, 0.3) is 0 Å². The Kier molecular flexibility index (Phi) is 5.25. The number of hydrogen-bond acceptors (Lipinski definition) is 5. The number of thioether (sulfide) groups is 1. The number of halogens is 1. The normalized spacial score (nSPS) is 10.6. The van der Waals surface area contributed by atoms with Crippen molar-refractivity contribution >= 4 is 35.0 Å². The van der Waals surface area contributed by atoms with Gasteiger partial charge < -0.3 is 11.2 Å². The van der Waals surface area contributed by atoms with Crippen molar-refractivity contribution in [2.75, 3.05) is 16.9 Å². The van der Waals surface area contributed by atoms with Gasteiger partial charge in [0.15, 0.2) is 5.82 Å². The highest BCUT2D eigenvalue weighted by Gasteiger charge is 2.15. The number of aryl methyl sites for hydroxylation is 1. The maximum atomic E-state index is 12.1. The zero-order chi connectivity index (χ0) is 17.8. The van der Waals surface area contributed by atoms with E-state index in [1.807, 2.05) is 49.4 Å². The fraction of sp³-hybridized carbons (Fsp3) is 0.118. The summed E-state index contributed by atoms with van der Waals surface area (Å²) in [5.41, 5.74) is 2.53. The van der Waals surface area contributed by atoms with E-state index in [0.717, 1.165) is 11.3 Å². The van der Waals surface area contributed by atoms with Gasteiger partial charge >= 0.3 is 0 Å². The highest BCUT2D eigenvalue weighted by Crippen LogP contribution is 2.27. The number of anilines is 1. The lowest BCUT2D eigenvalue weighted by Crippen LogP contribution is -2.16. The first kappa shape index (κ1) is 17.3. The maximum absolute atomic E-state index is 12.1. The van der Waals surface area contributed by atoms with Gasteiger partial charge in [-0.15, -0.1) is 10.2 Å².